The van der Waals surface area contributed by atoms with Crippen LogP contribution in [0.2, 0.25) is 0 Å². The highest BCUT2D eigenvalue weighted by Crippen LogP contribution is 2.37. The van der Waals surface area contributed by atoms with Gasteiger partial charge in [-0.25, -0.2) is 0 Å². The number of anilines is 1. The first-order valence-electron chi connectivity index (χ1n) is 8.16. The standard InChI is InChI=1S/C16H21N3O7/c1-4-7-24-8-9-25-13(20)10-18-14-11(26-16(2,3)15(18)21)5-6-12(17-14)19(22)23/h5-6H,4,7-10H2,1-3H3. The Morgan fingerprint density at radius 3 is 2.73 bits per heavy atom. The number of nitro groups is 1. The number of esters is 1. The van der Waals surface area contributed by atoms with Crippen molar-refractivity contribution >= 4 is 23.5 Å². The van der Waals surface area contributed by atoms with Gasteiger partial charge in [0.1, 0.15) is 13.2 Å². The molecule has 1 aromatic heterocycles. The highest BCUT2D eigenvalue weighted by atomic mass is 16.6. The SMILES string of the molecule is CCCOCCOC(=O)CN1C(=O)C(C)(C)Oc2ccc([N+](=O)[O-])nc21. The quantitative estimate of drug-likeness (QED) is 0.293. The molecule has 0 radical (unpaired) electrons. The van der Waals surface area contributed by atoms with Crippen LogP contribution in [0.5, 0.6) is 5.75 Å². The Morgan fingerprint density at radius 1 is 1.35 bits per heavy atom. The minimum absolute atomic E-state index is 0.0516. The maximum atomic E-state index is 12.6. The van der Waals surface area contributed by atoms with E-state index in [1.165, 1.54) is 26.0 Å². The van der Waals surface area contributed by atoms with Crippen LogP contribution in [0.3, 0.4) is 0 Å². The number of ether oxygens (including phenoxy) is 3. The fourth-order valence-electron chi connectivity index (χ4n) is 2.32. The van der Waals surface area contributed by atoms with E-state index in [0.717, 1.165) is 11.3 Å². The van der Waals surface area contributed by atoms with Crippen molar-refractivity contribution in [2.45, 2.75) is 32.8 Å². The molecule has 142 valence electrons. The zero-order valence-corrected chi connectivity index (χ0v) is 14.9. The molecule has 0 saturated carbocycles. The normalized spacial score (nSPS) is 15.2. The van der Waals surface area contributed by atoms with Crippen molar-refractivity contribution in [3.8, 4) is 5.75 Å². The largest absolute Gasteiger partial charge is 0.472 e. The van der Waals surface area contributed by atoms with Gasteiger partial charge in [-0.1, -0.05) is 6.92 Å². The lowest BCUT2D eigenvalue weighted by Gasteiger charge is -2.35. The van der Waals surface area contributed by atoms with Gasteiger partial charge in [-0.15, -0.1) is 0 Å². The van der Waals surface area contributed by atoms with Crippen molar-refractivity contribution in [3.63, 3.8) is 0 Å². The number of carbonyl (C=O) groups excluding carboxylic acids is 2. The minimum Gasteiger partial charge on any atom is -0.472 e. The molecule has 26 heavy (non-hydrogen) atoms. The highest BCUT2D eigenvalue weighted by Gasteiger charge is 2.45. The number of hydrogen-bond donors (Lipinski definition) is 0. The molecule has 0 aliphatic carbocycles. The Morgan fingerprint density at radius 2 is 2.08 bits per heavy atom. The predicted octanol–water partition coefficient (Wildman–Crippen LogP) is 1.46. The third-order valence-corrected chi connectivity index (χ3v) is 3.52. The fourth-order valence-corrected chi connectivity index (χ4v) is 2.32. The molecule has 0 aromatic carbocycles. The van der Waals surface area contributed by atoms with E-state index < -0.39 is 34.8 Å². The zero-order chi connectivity index (χ0) is 19.3. The van der Waals surface area contributed by atoms with Crippen LogP contribution >= 0.6 is 0 Å². The number of nitrogens with zero attached hydrogens (tertiary/aromatic N) is 3. The van der Waals surface area contributed by atoms with Crippen LogP contribution in [0, 0.1) is 10.1 Å². The molecule has 0 atom stereocenters. The van der Waals surface area contributed by atoms with Crippen molar-refractivity contribution in [1.82, 2.24) is 4.98 Å². The van der Waals surface area contributed by atoms with Crippen LogP contribution in [0.1, 0.15) is 27.2 Å². The van der Waals surface area contributed by atoms with Gasteiger partial charge >= 0.3 is 11.8 Å². The summed E-state index contributed by atoms with van der Waals surface area (Å²) in [6, 6.07) is 2.53. The number of fused-ring (bicyclic) bond motifs is 1. The van der Waals surface area contributed by atoms with Gasteiger partial charge in [-0.3, -0.25) is 14.5 Å². The van der Waals surface area contributed by atoms with Gasteiger partial charge in [0.2, 0.25) is 0 Å². The molecule has 0 bridgehead atoms. The van der Waals surface area contributed by atoms with E-state index in [1.807, 2.05) is 6.92 Å². The van der Waals surface area contributed by atoms with Crippen molar-refractivity contribution in [2.75, 3.05) is 31.3 Å². The number of aromatic nitrogens is 1. The third kappa shape index (κ3) is 4.45. The molecule has 0 unspecified atom stereocenters. The Bertz CT molecular complexity index is 705. The maximum Gasteiger partial charge on any atom is 0.366 e. The van der Waals surface area contributed by atoms with Gasteiger partial charge in [0.05, 0.1) is 6.61 Å². The van der Waals surface area contributed by atoms with Crippen molar-refractivity contribution < 1.29 is 28.7 Å². The summed E-state index contributed by atoms with van der Waals surface area (Å²) < 4.78 is 15.8. The van der Waals surface area contributed by atoms with E-state index in [9.17, 15) is 19.7 Å². The summed E-state index contributed by atoms with van der Waals surface area (Å²) in [5.41, 5.74) is -1.24. The van der Waals surface area contributed by atoms with Crippen molar-refractivity contribution in [1.29, 1.82) is 0 Å². The van der Waals surface area contributed by atoms with Crippen LogP contribution in [-0.4, -0.2) is 53.8 Å². The molecular weight excluding hydrogens is 346 g/mol. The lowest BCUT2D eigenvalue weighted by molar-refractivity contribution is -0.389. The van der Waals surface area contributed by atoms with Crippen LogP contribution in [0.25, 0.3) is 0 Å². The monoisotopic (exact) mass is 367 g/mol. The number of hydrogen-bond acceptors (Lipinski definition) is 8. The average Bonchev–Trinajstić information content (AvgIpc) is 2.58. The molecule has 10 nitrogen and oxygen atoms in total. The van der Waals surface area contributed by atoms with Gasteiger partial charge in [0.25, 0.3) is 11.7 Å². The average molecular weight is 367 g/mol. The first-order valence-corrected chi connectivity index (χ1v) is 8.16. The summed E-state index contributed by atoms with van der Waals surface area (Å²) in [5.74, 6) is -1.57. The van der Waals surface area contributed by atoms with Gasteiger partial charge in [0, 0.05) is 12.7 Å². The molecule has 10 heteroatoms. The molecule has 0 saturated heterocycles. The first-order chi connectivity index (χ1) is 12.3. The topological polar surface area (TPSA) is 121 Å². The molecular formula is C16H21N3O7. The van der Waals surface area contributed by atoms with Gasteiger partial charge < -0.3 is 24.3 Å². The molecule has 1 aromatic rings. The van der Waals surface area contributed by atoms with Crippen LogP contribution in [0.4, 0.5) is 11.6 Å². The van der Waals surface area contributed by atoms with Crippen molar-refractivity contribution in [3.05, 3.63) is 22.2 Å². The highest BCUT2D eigenvalue weighted by molar-refractivity contribution is 6.04. The molecule has 1 amide bonds. The van der Waals surface area contributed by atoms with E-state index in [4.69, 9.17) is 14.2 Å². The summed E-state index contributed by atoms with van der Waals surface area (Å²) in [4.78, 5) is 39.8. The van der Waals surface area contributed by atoms with Gasteiger partial charge in [-0.2, -0.15) is 0 Å². The summed E-state index contributed by atoms with van der Waals surface area (Å²) in [5, 5.41) is 10.9. The Hall–Kier alpha value is -2.75. The summed E-state index contributed by atoms with van der Waals surface area (Å²) in [6.07, 6.45) is 0.854. The van der Waals surface area contributed by atoms with E-state index in [2.05, 4.69) is 4.98 Å². The smallest absolute Gasteiger partial charge is 0.366 e. The zero-order valence-electron chi connectivity index (χ0n) is 14.9. The second-order valence-electron chi connectivity index (χ2n) is 6.08. The molecule has 0 spiro atoms. The summed E-state index contributed by atoms with van der Waals surface area (Å²) >= 11 is 0. The maximum absolute atomic E-state index is 12.6. The predicted molar refractivity (Wildman–Crippen MR) is 90.0 cm³/mol. The summed E-state index contributed by atoms with van der Waals surface area (Å²) in [6.45, 7) is 5.47. The van der Waals surface area contributed by atoms with E-state index in [-0.39, 0.29) is 24.8 Å². The first kappa shape index (κ1) is 19.6. The molecule has 0 N–H and O–H groups in total. The lowest BCUT2D eigenvalue weighted by atomic mass is 10.1. The third-order valence-electron chi connectivity index (χ3n) is 3.52. The number of rotatable bonds is 8. The minimum atomic E-state index is -1.24. The van der Waals surface area contributed by atoms with E-state index >= 15 is 0 Å². The van der Waals surface area contributed by atoms with Gasteiger partial charge in [-0.05, 0) is 36.2 Å². The molecule has 1 aliphatic heterocycles. The number of carbonyl (C=O) groups is 2. The van der Waals surface area contributed by atoms with E-state index in [1.54, 1.807) is 0 Å². The van der Waals surface area contributed by atoms with E-state index in [0.29, 0.717) is 6.61 Å². The van der Waals surface area contributed by atoms with Crippen LogP contribution < -0.4 is 9.64 Å². The van der Waals surface area contributed by atoms with Crippen LogP contribution in [0.15, 0.2) is 12.1 Å². The van der Waals surface area contributed by atoms with Gasteiger partial charge in [0.15, 0.2) is 11.4 Å². The summed E-state index contributed by atoms with van der Waals surface area (Å²) in [7, 11) is 0. The Kier molecular flexibility index (Phi) is 6.09. The number of amides is 1. The lowest BCUT2D eigenvalue weighted by Crippen LogP contribution is -2.54. The molecule has 2 rings (SSSR count). The molecule has 0 fully saturated rings. The second kappa shape index (κ2) is 8.09. The van der Waals surface area contributed by atoms with Crippen molar-refractivity contribution in [2.24, 2.45) is 0 Å². The molecule has 2 heterocycles. The van der Waals surface area contributed by atoms with Crippen LogP contribution in [-0.2, 0) is 19.1 Å². The Balaban J connectivity index is 2.15. The Labute approximate surface area is 150 Å². The number of pyridine rings is 1. The fraction of sp³-hybridized carbons (Fsp3) is 0.562. The molecule has 1 aliphatic rings. The second-order valence-corrected chi connectivity index (χ2v) is 6.08.